The van der Waals surface area contributed by atoms with Crippen molar-refractivity contribution in [1.82, 2.24) is 15.1 Å². The van der Waals surface area contributed by atoms with E-state index in [1.165, 1.54) is 0 Å². The van der Waals surface area contributed by atoms with E-state index in [4.69, 9.17) is 21.1 Å². The minimum absolute atomic E-state index is 0.0210. The van der Waals surface area contributed by atoms with Crippen LogP contribution in [0.4, 0.5) is 17.3 Å². The van der Waals surface area contributed by atoms with Gasteiger partial charge in [0, 0.05) is 59.3 Å². The summed E-state index contributed by atoms with van der Waals surface area (Å²) >= 11 is 5.98. The number of fused-ring (bicyclic) bond motifs is 2. The number of hydrogen-bond acceptors (Lipinski definition) is 7. The molecule has 36 heavy (non-hydrogen) atoms. The molecule has 0 spiro atoms. The molecule has 0 bridgehead atoms. The summed E-state index contributed by atoms with van der Waals surface area (Å²) in [6.45, 7) is 2.99. The summed E-state index contributed by atoms with van der Waals surface area (Å²) in [6.07, 6.45) is 0.840. The highest BCUT2D eigenvalue weighted by Crippen LogP contribution is 2.36. The van der Waals surface area contributed by atoms with Gasteiger partial charge in [0.15, 0.2) is 23.1 Å². The first-order valence-corrected chi connectivity index (χ1v) is 12.3. The number of halogens is 1. The number of anilines is 3. The normalized spacial score (nSPS) is 15.1. The maximum Gasteiger partial charge on any atom is 0.253 e. The molecule has 1 amide bonds. The lowest BCUT2D eigenvalue weighted by molar-refractivity contribution is 0.0767. The van der Waals surface area contributed by atoms with Crippen LogP contribution in [0.1, 0.15) is 16.8 Å². The summed E-state index contributed by atoms with van der Waals surface area (Å²) < 4.78 is 10.9. The van der Waals surface area contributed by atoms with Crippen molar-refractivity contribution in [3.05, 3.63) is 77.3 Å². The van der Waals surface area contributed by atoms with Crippen molar-refractivity contribution in [2.45, 2.75) is 6.42 Å². The average Bonchev–Trinajstić information content (AvgIpc) is 3.24. The van der Waals surface area contributed by atoms with Crippen LogP contribution in [-0.2, 0) is 0 Å². The van der Waals surface area contributed by atoms with Gasteiger partial charge in [-0.15, -0.1) is 10.2 Å². The number of nitrogens with one attached hydrogen (secondary N) is 1. The number of hydrogen-bond donors (Lipinski definition) is 1. The van der Waals surface area contributed by atoms with E-state index in [1.807, 2.05) is 41.3 Å². The molecule has 8 nitrogen and oxygen atoms in total. The second-order valence-corrected chi connectivity index (χ2v) is 9.19. The zero-order valence-corrected chi connectivity index (χ0v) is 20.2. The third-order valence-corrected chi connectivity index (χ3v) is 6.73. The molecular formula is C27H24ClN5O3. The number of ether oxygens (including phenoxy) is 2. The molecule has 182 valence electrons. The highest BCUT2D eigenvalue weighted by Gasteiger charge is 2.23. The van der Waals surface area contributed by atoms with Crippen LogP contribution in [0, 0.1) is 0 Å². The Morgan fingerprint density at radius 3 is 2.53 bits per heavy atom. The van der Waals surface area contributed by atoms with Gasteiger partial charge in [0.1, 0.15) is 0 Å². The number of amides is 1. The maximum absolute atomic E-state index is 13.0. The number of carbonyl (C=O) groups excluding carboxylic acids is 1. The first-order valence-electron chi connectivity index (χ1n) is 11.9. The number of aromatic nitrogens is 2. The summed E-state index contributed by atoms with van der Waals surface area (Å²) in [5, 5.41) is 15.1. The van der Waals surface area contributed by atoms with Gasteiger partial charge >= 0.3 is 0 Å². The van der Waals surface area contributed by atoms with Crippen molar-refractivity contribution in [2.75, 3.05) is 43.2 Å². The Bertz CT molecular complexity index is 1430. The molecule has 6 rings (SSSR count). The van der Waals surface area contributed by atoms with Gasteiger partial charge in [0.25, 0.3) is 5.91 Å². The van der Waals surface area contributed by atoms with Crippen LogP contribution in [0.3, 0.4) is 0 Å². The Morgan fingerprint density at radius 2 is 1.67 bits per heavy atom. The lowest BCUT2D eigenvalue weighted by atomic mass is 10.1. The van der Waals surface area contributed by atoms with Gasteiger partial charge in [0.2, 0.25) is 6.79 Å². The van der Waals surface area contributed by atoms with Gasteiger partial charge in [-0.1, -0.05) is 35.9 Å². The zero-order valence-electron chi connectivity index (χ0n) is 19.5. The molecule has 1 saturated heterocycles. The van der Waals surface area contributed by atoms with Crippen LogP contribution in [0.15, 0.2) is 66.7 Å². The Balaban J connectivity index is 1.23. The third kappa shape index (κ3) is 4.35. The van der Waals surface area contributed by atoms with E-state index < -0.39 is 0 Å². The Morgan fingerprint density at radius 1 is 0.861 bits per heavy atom. The zero-order chi connectivity index (χ0) is 24.5. The predicted octanol–water partition coefficient (Wildman–Crippen LogP) is 5.11. The summed E-state index contributed by atoms with van der Waals surface area (Å²) in [6, 6.07) is 20.9. The molecule has 0 unspecified atom stereocenters. The lowest BCUT2D eigenvalue weighted by Crippen LogP contribution is -2.35. The van der Waals surface area contributed by atoms with Crippen LogP contribution < -0.4 is 19.7 Å². The molecule has 1 aromatic heterocycles. The maximum atomic E-state index is 13.0. The Hall–Kier alpha value is -4.04. The SMILES string of the molecule is O=C(c1ccc(Cl)cc1)N1CCCN(c2nnc(Nc3ccc4c(c3)OCO4)c3ccccc23)CC1. The van der Waals surface area contributed by atoms with Crippen molar-refractivity contribution < 1.29 is 14.3 Å². The van der Waals surface area contributed by atoms with Crippen molar-refractivity contribution >= 4 is 45.6 Å². The Kier molecular flexibility index (Phi) is 5.95. The van der Waals surface area contributed by atoms with Gasteiger partial charge in [-0.05, 0) is 42.8 Å². The largest absolute Gasteiger partial charge is 0.454 e. The van der Waals surface area contributed by atoms with Crippen LogP contribution in [0.5, 0.6) is 11.5 Å². The number of rotatable bonds is 4. The number of nitrogens with zero attached hydrogens (tertiary/aromatic N) is 4. The van der Waals surface area contributed by atoms with Crippen LogP contribution in [-0.4, -0.2) is 54.0 Å². The van der Waals surface area contributed by atoms with Gasteiger partial charge < -0.3 is 24.6 Å². The number of benzene rings is 3. The van der Waals surface area contributed by atoms with E-state index in [9.17, 15) is 4.79 Å². The highest BCUT2D eigenvalue weighted by atomic mass is 35.5. The van der Waals surface area contributed by atoms with Crippen molar-refractivity contribution in [2.24, 2.45) is 0 Å². The van der Waals surface area contributed by atoms with Crippen molar-refractivity contribution in [1.29, 1.82) is 0 Å². The number of carbonyl (C=O) groups is 1. The Labute approximate surface area is 213 Å². The minimum Gasteiger partial charge on any atom is -0.454 e. The van der Waals surface area contributed by atoms with Crippen molar-refractivity contribution in [3.8, 4) is 11.5 Å². The molecular weight excluding hydrogens is 478 g/mol. The van der Waals surface area contributed by atoms with Gasteiger partial charge in [-0.2, -0.15) is 0 Å². The summed E-state index contributed by atoms with van der Waals surface area (Å²) in [7, 11) is 0. The molecule has 0 atom stereocenters. The highest BCUT2D eigenvalue weighted by molar-refractivity contribution is 6.30. The van der Waals surface area contributed by atoms with Crippen molar-refractivity contribution in [3.63, 3.8) is 0 Å². The molecule has 0 saturated carbocycles. The molecule has 2 aliphatic rings. The van der Waals surface area contributed by atoms with E-state index in [0.717, 1.165) is 41.0 Å². The fourth-order valence-corrected chi connectivity index (χ4v) is 4.76. The van der Waals surface area contributed by atoms with Crippen LogP contribution in [0.25, 0.3) is 10.8 Å². The quantitative estimate of drug-likeness (QED) is 0.416. The minimum atomic E-state index is 0.0210. The van der Waals surface area contributed by atoms with Crippen LogP contribution in [0.2, 0.25) is 5.02 Å². The van der Waals surface area contributed by atoms with E-state index in [-0.39, 0.29) is 12.7 Å². The molecule has 3 aromatic carbocycles. The van der Waals surface area contributed by atoms with E-state index in [1.54, 1.807) is 24.3 Å². The van der Waals surface area contributed by atoms with Gasteiger partial charge in [0.05, 0.1) is 0 Å². The monoisotopic (exact) mass is 501 g/mol. The predicted molar refractivity (Wildman–Crippen MR) is 140 cm³/mol. The second kappa shape index (κ2) is 9.54. The second-order valence-electron chi connectivity index (χ2n) is 8.75. The molecule has 0 radical (unpaired) electrons. The molecule has 0 aliphatic carbocycles. The van der Waals surface area contributed by atoms with E-state index in [0.29, 0.717) is 41.8 Å². The molecule has 2 aliphatic heterocycles. The first kappa shape index (κ1) is 22.4. The molecule has 9 heteroatoms. The summed E-state index contributed by atoms with van der Waals surface area (Å²) in [5.41, 5.74) is 1.50. The summed E-state index contributed by atoms with van der Waals surface area (Å²) in [4.78, 5) is 17.1. The summed E-state index contributed by atoms with van der Waals surface area (Å²) in [5.74, 6) is 2.95. The molecule has 3 heterocycles. The smallest absolute Gasteiger partial charge is 0.253 e. The van der Waals surface area contributed by atoms with Crippen LogP contribution >= 0.6 is 11.6 Å². The first-order chi connectivity index (χ1) is 17.7. The average molecular weight is 502 g/mol. The molecule has 4 aromatic rings. The van der Waals surface area contributed by atoms with E-state index >= 15 is 0 Å². The fourth-order valence-electron chi connectivity index (χ4n) is 4.63. The molecule has 1 N–H and O–H groups in total. The fraction of sp³-hybridized carbons (Fsp3) is 0.222. The van der Waals surface area contributed by atoms with Gasteiger partial charge in [-0.25, -0.2) is 0 Å². The van der Waals surface area contributed by atoms with E-state index in [2.05, 4.69) is 26.5 Å². The third-order valence-electron chi connectivity index (χ3n) is 6.48. The topological polar surface area (TPSA) is 79.8 Å². The lowest BCUT2D eigenvalue weighted by Gasteiger charge is -2.24. The molecule has 1 fully saturated rings. The van der Waals surface area contributed by atoms with Gasteiger partial charge in [-0.3, -0.25) is 4.79 Å². The standard InChI is InChI=1S/C27H24ClN5O3/c28-19-8-6-18(7-9-19)27(34)33-13-3-12-32(14-15-33)26-22-5-2-1-4-21(22)25(30-31-26)29-20-10-11-23-24(16-20)36-17-35-23/h1-2,4-11,16H,3,12-15,17H2,(H,29,30).